The van der Waals surface area contributed by atoms with E-state index in [1.165, 1.54) is 23.5 Å². The van der Waals surface area contributed by atoms with E-state index < -0.39 is 15.8 Å². The number of halogens is 1. The second kappa shape index (κ2) is 5.61. The van der Waals surface area contributed by atoms with Crippen molar-refractivity contribution in [1.29, 1.82) is 0 Å². The number of nitrogens with zero attached hydrogens (tertiary/aromatic N) is 1. The summed E-state index contributed by atoms with van der Waals surface area (Å²) < 4.78 is 45.5. The lowest BCUT2D eigenvalue weighted by Gasteiger charge is -2.30. The van der Waals surface area contributed by atoms with Gasteiger partial charge in [-0.25, -0.2) is 12.8 Å². The van der Waals surface area contributed by atoms with Crippen molar-refractivity contribution in [2.75, 3.05) is 18.0 Å². The Labute approximate surface area is 129 Å². The first-order valence-electron chi connectivity index (χ1n) is 6.98. The normalized spacial score (nSPS) is 14.5. The summed E-state index contributed by atoms with van der Waals surface area (Å²) in [5.74, 6) is -0.660. The largest absolute Gasteiger partial charge is 0.494 e. The highest BCUT2D eigenvalue weighted by Crippen LogP contribution is 2.33. The minimum atomic E-state index is -3.74. The molecule has 0 saturated carbocycles. The Morgan fingerprint density at radius 2 is 1.95 bits per heavy atom. The van der Waals surface area contributed by atoms with E-state index in [1.54, 1.807) is 6.07 Å². The van der Waals surface area contributed by atoms with E-state index in [0.717, 1.165) is 24.5 Å². The molecule has 0 aliphatic carbocycles. The molecule has 0 aromatic heterocycles. The van der Waals surface area contributed by atoms with Gasteiger partial charge in [0.1, 0.15) is 0 Å². The van der Waals surface area contributed by atoms with Crippen LogP contribution in [0.1, 0.15) is 12.0 Å². The van der Waals surface area contributed by atoms with Crippen LogP contribution in [0.3, 0.4) is 0 Å². The number of aryl methyl sites for hydroxylation is 1. The molecule has 0 fully saturated rings. The van der Waals surface area contributed by atoms with Gasteiger partial charge in [-0.15, -0.1) is 0 Å². The highest BCUT2D eigenvalue weighted by Gasteiger charge is 2.29. The zero-order valence-corrected chi connectivity index (χ0v) is 12.9. The van der Waals surface area contributed by atoms with Crippen LogP contribution in [-0.2, 0) is 16.4 Å². The zero-order chi connectivity index (χ0) is 15.7. The van der Waals surface area contributed by atoms with Crippen LogP contribution in [0, 0.1) is 5.82 Å². The Kier molecular flexibility index (Phi) is 3.78. The van der Waals surface area contributed by atoms with Gasteiger partial charge in [-0.2, -0.15) is 0 Å². The number of sulfonamides is 1. The Morgan fingerprint density at radius 3 is 2.73 bits per heavy atom. The van der Waals surface area contributed by atoms with E-state index >= 15 is 0 Å². The number of ether oxygens (including phenoxy) is 1. The van der Waals surface area contributed by atoms with Crippen LogP contribution < -0.4 is 9.04 Å². The average molecular weight is 321 g/mol. The molecule has 0 N–H and O–H groups in total. The Balaban J connectivity index is 2.08. The second-order valence-electron chi connectivity index (χ2n) is 5.11. The number of methoxy groups -OCH3 is 1. The summed E-state index contributed by atoms with van der Waals surface area (Å²) in [6, 6.07) is 11.1. The van der Waals surface area contributed by atoms with E-state index in [4.69, 9.17) is 4.74 Å². The molecule has 22 heavy (non-hydrogen) atoms. The van der Waals surface area contributed by atoms with Crippen molar-refractivity contribution in [3.8, 4) is 5.75 Å². The van der Waals surface area contributed by atoms with Gasteiger partial charge in [-0.3, -0.25) is 4.31 Å². The summed E-state index contributed by atoms with van der Waals surface area (Å²) in [6.45, 7) is 0.416. The quantitative estimate of drug-likeness (QED) is 0.873. The first-order valence-corrected chi connectivity index (χ1v) is 8.42. The molecule has 116 valence electrons. The van der Waals surface area contributed by atoms with Crippen molar-refractivity contribution in [2.45, 2.75) is 17.7 Å². The van der Waals surface area contributed by atoms with Crippen LogP contribution in [0.2, 0.25) is 0 Å². The number of hydrogen-bond acceptors (Lipinski definition) is 3. The van der Waals surface area contributed by atoms with Crippen molar-refractivity contribution in [3.63, 3.8) is 0 Å². The van der Waals surface area contributed by atoms with Gasteiger partial charge in [0, 0.05) is 12.6 Å². The van der Waals surface area contributed by atoms with E-state index in [0.29, 0.717) is 12.2 Å². The minimum Gasteiger partial charge on any atom is -0.494 e. The Hall–Kier alpha value is -2.08. The van der Waals surface area contributed by atoms with Crippen molar-refractivity contribution in [1.82, 2.24) is 0 Å². The number of fused-ring (bicyclic) bond motifs is 1. The van der Waals surface area contributed by atoms with Gasteiger partial charge in [-0.05, 0) is 36.6 Å². The van der Waals surface area contributed by atoms with Crippen molar-refractivity contribution >= 4 is 15.7 Å². The van der Waals surface area contributed by atoms with Crippen LogP contribution in [0.25, 0.3) is 0 Å². The van der Waals surface area contributed by atoms with E-state index in [9.17, 15) is 12.8 Å². The number of hydrogen-bond donors (Lipinski definition) is 0. The fourth-order valence-corrected chi connectivity index (χ4v) is 4.23. The van der Waals surface area contributed by atoms with Crippen molar-refractivity contribution < 1.29 is 17.5 Å². The maximum absolute atomic E-state index is 13.5. The third kappa shape index (κ3) is 2.43. The van der Waals surface area contributed by atoms with Crippen molar-refractivity contribution in [2.24, 2.45) is 0 Å². The zero-order valence-electron chi connectivity index (χ0n) is 12.1. The third-order valence-corrected chi connectivity index (χ3v) is 5.59. The predicted octanol–water partition coefficient (Wildman–Crippen LogP) is 2.98. The molecule has 0 spiro atoms. The standard InChI is InChI=1S/C16H16FNO3S/c1-21-16-11-13(8-9-14(16)17)22(19,20)18-10-4-6-12-5-2-3-7-15(12)18/h2-3,5,7-9,11H,4,6,10H2,1H3. The lowest BCUT2D eigenvalue weighted by atomic mass is 10.0. The molecule has 0 unspecified atom stereocenters. The molecule has 1 aliphatic heterocycles. The highest BCUT2D eigenvalue weighted by atomic mass is 32.2. The first-order chi connectivity index (χ1) is 10.5. The van der Waals surface area contributed by atoms with E-state index in [1.807, 2.05) is 18.2 Å². The smallest absolute Gasteiger partial charge is 0.264 e. The van der Waals surface area contributed by atoms with E-state index in [2.05, 4.69) is 0 Å². The van der Waals surface area contributed by atoms with Crippen LogP contribution in [-0.4, -0.2) is 22.1 Å². The first kappa shape index (κ1) is 14.8. The summed E-state index contributed by atoms with van der Waals surface area (Å²) in [4.78, 5) is 0.0300. The molecule has 1 aliphatic rings. The number of benzene rings is 2. The lowest BCUT2D eigenvalue weighted by molar-refractivity contribution is 0.385. The number of anilines is 1. The summed E-state index contributed by atoms with van der Waals surface area (Å²) in [5, 5.41) is 0. The monoisotopic (exact) mass is 321 g/mol. The molecule has 0 radical (unpaired) electrons. The number of rotatable bonds is 3. The molecular formula is C16H16FNO3S. The molecular weight excluding hydrogens is 305 g/mol. The maximum atomic E-state index is 13.5. The lowest BCUT2D eigenvalue weighted by Crippen LogP contribution is -2.35. The SMILES string of the molecule is COc1cc(S(=O)(=O)N2CCCc3ccccc32)ccc1F. The minimum absolute atomic E-state index is 0.0300. The number of para-hydroxylation sites is 1. The van der Waals surface area contributed by atoms with Gasteiger partial charge in [0.05, 0.1) is 17.7 Å². The van der Waals surface area contributed by atoms with Crippen LogP contribution in [0.4, 0.5) is 10.1 Å². The van der Waals surface area contributed by atoms with Gasteiger partial charge in [0.25, 0.3) is 10.0 Å². The van der Waals surface area contributed by atoms with Gasteiger partial charge in [0.15, 0.2) is 11.6 Å². The molecule has 6 heteroatoms. The summed E-state index contributed by atoms with van der Waals surface area (Å²) in [6.07, 6.45) is 1.61. The molecule has 4 nitrogen and oxygen atoms in total. The van der Waals surface area contributed by atoms with Gasteiger partial charge >= 0.3 is 0 Å². The van der Waals surface area contributed by atoms with Crippen LogP contribution in [0.5, 0.6) is 5.75 Å². The molecule has 2 aromatic carbocycles. The third-order valence-electron chi connectivity index (χ3n) is 3.78. The van der Waals surface area contributed by atoms with Gasteiger partial charge < -0.3 is 4.74 Å². The molecule has 0 amide bonds. The Bertz CT molecular complexity index is 805. The summed E-state index contributed by atoms with van der Waals surface area (Å²) in [7, 11) is -2.43. The molecule has 1 heterocycles. The summed E-state index contributed by atoms with van der Waals surface area (Å²) >= 11 is 0. The fourth-order valence-electron chi connectivity index (χ4n) is 2.68. The highest BCUT2D eigenvalue weighted by molar-refractivity contribution is 7.92. The molecule has 0 saturated heterocycles. The van der Waals surface area contributed by atoms with Gasteiger partial charge in [-0.1, -0.05) is 18.2 Å². The topological polar surface area (TPSA) is 46.6 Å². The van der Waals surface area contributed by atoms with E-state index in [-0.39, 0.29) is 10.6 Å². The maximum Gasteiger partial charge on any atom is 0.264 e. The molecule has 3 rings (SSSR count). The summed E-state index contributed by atoms with van der Waals surface area (Å²) in [5.41, 5.74) is 1.70. The van der Waals surface area contributed by atoms with Gasteiger partial charge in [0.2, 0.25) is 0 Å². The average Bonchev–Trinajstić information content (AvgIpc) is 2.54. The predicted molar refractivity (Wildman–Crippen MR) is 82.2 cm³/mol. The van der Waals surface area contributed by atoms with Crippen molar-refractivity contribution in [3.05, 3.63) is 53.8 Å². The van der Waals surface area contributed by atoms with Crippen LogP contribution in [0.15, 0.2) is 47.4 Å². The van der Waals surface area contributed by atoms with Crippen LogP contribution >= 0.6 is 0 Å². The second-order valence-corrected chi connectivity index (χ2v) is 6.97. The molecule has 0 bridgehead atoms. The Morgan fingerprint density at radius 1 is 1.18 bits per heavy atom. The molecule has 0 atom stereocenters. The molecule has 2 aromatic rings. The fraction of sp³-hybridized carbons (Fsp3) is 0.250.